The van der Waals surface area contributed by atoms with Crippen LogP contribution in [0.2, 0.25) is 0 Å². The summed E-state index contributed by atoms with van der Waals surface area (Å²) in [5.74, 6) is -2.67. The van der Waals surface area contributed by atoms with Crippen molar-refractivity contribution in [1.29, 1.82) is 0 Å². The van der Waals surface area contributed by atoms with Crippen molar-refractivity contribution in [1.82, 2.24) is 14.9 Å². The average Bonchev–Trinajstić information content (AvgIpc) is 3.28. The van der Waals surface area contributed by atoms with Gasteiger partial charge in [-0.25, -0.2) is 4.79 Å². The first kappa shape index (κ1) is 25.2. The van der Waals surface area contributed by atoms with Gasteiger partial charge in [0.2, 0.25) is 5.78 Å². The van der Waals surface area contributed by atoms with E-state index in [9.17, 15) is 19.5 Å². The summed E-state index contributed by atoms with van der Waals surface area (Å²) < 4.78 is 4.79. The highest BCUT2D eigenvalue weighted by Gasteiger charge is 2.44. The monoisotopic (exact) mass is 468 g/mol. The summed E-state index contributed by atoms with van der Waals surface area (Å²) in [6, 6.07) is 2.64. The Balaban J connectivity index is 2.09. The number of quaternary nitrogens is 1. The van der Waals surface area contributed by atoms with Crippen molar-refractivity contribution < 1.29 is 29.1 Å². The highest BCUT2D eigenvalue weighted by molar-refractivity contribution is 6.46. The number of methoxy groups -OCH3 is 1. The highest BCUT2D eigenvalue weighted by atomic mass is 16.5. The molecule has 0 radical (unpaired) electrons. The lowest BCUT2D eigenvalue weighted by Gasteiger charge is -2.28. The van der Waals surface area contributed by atoms with E-state index in [1.54, 1.807) is 38.4 Å². The third-order valence-corrected chi connectivity index (χ3v) is 6.51. The number of nitrogens with zero attached hydrogens (tertiary/aromatic N) is 2. The smallest absolute Gasteiger partial charge is 0.354 e. The Hall–Kier alpha value is -3.46. The molecular formula is C25H32N4O5. The van der Waals surface area contributed by atoms with Gasteiger partial charge in [0.1, 0.15) is 5.69 Å². The summed E-state index contributed by atoms with van der Waals surface area (Å²) in [6.07, 6.45) is 3.87. The van der Waals surface area contributed by atoms with Gasteiger partial charge in [-0.3, -0.25) is 14.6 Å². The second kappa shape index (κ2) is 10.6. The van der Waals surface area contributed by atoms with Gasteiger partial charge in [-0.1, -0.05) is 11.8 Å². The Bertz CT molecular complexity index is 1100. The van der Waals surface area contributed by atoms with Crippen LogP contribution < -0.4 is 10.0 Å². The molecule has 0 bridgehead atoms. The van der Waals surface area contributed by atoms with Gasteiger partial charge in [0.15, 0.2) is 0 Å². The SMILES string of the molecule is CC[NH+](CC)CCCN1C(=O)C(=O)/C(=C(/[O-])c2c(C)[nH]c(C(=O)OC)c2C)C1c1cccnc1. The summed E-state index contributed by atoms with van der Waals surface area (Å²) in [5, 5.41) is 13.7. The van der Waals surface area contributed by atoms with Crippen molar-refractivity contribution in [3.05, 3.63) is 58.2 Å². The van der Waals surface area contributed by atoms with Crippen LogP contribution in [0.1, 0.15) is 59.2 Å². The predicted molar refractivity (Wildman–Crippen MR) is 124 cm³/mol. The number of carbonyl (C=O) groups excluding carboxylic acids is 3. The number of aromatic amines is 1. The number of amides is 1. The molecule has 9 heteroatoms. The van der Waals surface area contributed by atoms with E-state index in [2.05, 4.69) is 23.8 Å². The number of nitrogens with one attached hydrogen (secondary N) is 2. The van der Waals surface area contributed by atoms with Crippen LogP contribution in [0.15, 0.2) is 30.1 Å². The molecule has 1 amide bonds. The van der Waals surface area contributed by atoms with E-state index >= 15 is 0 Å². The van der Waals surface area contributed by atoms with Gasteiger partial charge in [-0.15, -0.1) is 0 Å². The molecule has 0 spiro atoms. The summed E-state index contributed by atoms with van der Waals surface area (Å²) >= 11 is 0. The number of pyridine rings is 1. The first-order chi connectivity index (χ1) is 16.3. The van der Waals surface area contributed by atoms with Gasteiger partial charge in [0.25, 0.3) is 5.91 Å². The number of aryl methyl sites for hydroxylation is 1. The van der Waals surface area contributed by atoms with Crippen LogP contribution in [-0.2, 0) is 14.3 Å². The summed E-state index contributed by atoms with van der Waals surface area (Å²) in [5.41, 5.74) is 1.66. The van der Waals surface area contributed by atoms with Crippen LogP contribution in [0.3, 0.4) is 0 Å². The third kappa shape index (κ3) is 4.61. The number of rotatable bonds is 9. The van der Waals surface area contributed by atoms with Crippen molar-refractivity contribution in [3.63, 3.8) is 0 Å². The normalized spacial score (nSPS) is 17.6. The Morgan fingerprint density at radius 1 is 1.26 bits per heavy atom. The fourth-order valence-corrected chi connectivity index (χ4v) is 4.62. The molecule has 2 aromatic heterocycles. The molecule has 0 aliphatic carbocycles. The molecule has 1 atom stereocenters. The molecule has 1 aliphatic heterocycles. The minimum absolute atomic E-state index is 0.116. The molecule has 3 heterocycles. The fraction of sp³-hybridized carbons (Fsp3) is 0.440. The number of hydrogen-bond acceptors (Lipinski definition) is 6. The zero-order chi connectivity index (χ0) is 25.0. The van der Waals surface area contributed by atoms with Crippen molar-refractivity contribution in [2.45, 2.75) is 40.2 Å². The number of H-pyrrole nitrogens is 1. The molecular weight excluding hydrogens is 436 g/mol. The number of carbonyl (C=O) groups is 3. The number of likely N-dealkylation sites (tertiary alicyclic amines) is 1. The Kier molecular flexibility index (Phi) is 7.88. The van der Waals surface area contributed by atoms with Gasteiger partial charge in [-0.2, -0.15) is 0 Å². The minimum atomic E-state index is -0.830. The van der Waals surface area contributed by atoms with Crippen LogP contribution in [-0.4, -0.2) is 65.8 Å². The molecule has 2 aromatic rings. The van der Waals surface area contributed by atoms with Crippen molar-refractivity contribution in [2.75, 3.05) is 33.3 Å². The topological polar surface area (TPSA) is 120 Å². The van der Waals surface area contributed by atoms with Crippen LogP contribution >= 0.6 is 0 Å². The molecule has 182 valence electrons. The summed E-state index contributed by atoms with van der Waals surface area (Å²) in [7, 11) is 1.25. The lowest BCUT2D eigenvalue weighted by molar-refractivity contribution is -0.896. The van der Waals surface area contributed by atoms with E-state index in [0.29, 0.717) is 29.8 Å². The van der Waals surface area contributed by atoms with E-state index in [0.717, 1.165) is 19.6 Å². The van der Waals surface area contributed by atoms with E-state index in [1.807, 2.05) is 0 Å². The minimum Gasteiger partial charge on any atom is -0.872 e. The second-order valence-electron chi connectivity index (χ2n) is 8.44. The largest absolute Gasteiger partial charge is 0.872 e. The van der Waals surface area contributed by atoms with E-state index in [4.69, 9.17) is 4.74 Å². The number of aromatic nitrogens is 2. The molecule has 1 saturated heterocycles. The molecule has 34 heavy (non-hydrogen) atoms. The maximum absolute atomic E-state index is 13.7. The molecule has 3 rings (SSSR count). The molecule has 1 unspecified atom stereocenters. The molecule has 1 aliphatic rings. The molecule has 0 aromatic carbocycles. The van der Waals surface area contributed by atoms with Gasteiger partial charge in [-0.05, 0) is 50.5 Å². The number of ketones is 1. The zero-order valence-electron chi connectivity index (χ0n) is 20.4. The Morgan fingerprint density at radius 2 is 1.97 bits per heavy atom. The number of hydrogen-bond donors (Lipinski definition) is 2. The number of esters is 1. The van der Waals surface area contributed by atoms with Crippen molar-refractivity contribution >= 4 is 23.4 Å². The van der Waals surface area contributed by atoms with E-state index in [-0.39, 0.29) is 16.8 Å². The second-order valence-corrected chi connectivity index (χ2v) is 8.44. The highest BCUT2D eigenvalue weighted by Crippen LogP contribution is 2.39. The maximum atomic E-state index is 13.7. The van der Waals surface area contributed by atoms with Crippen LogP contribution in [0, 0.1) is 13.8 Å². The first-order valence-electron chi connectivity index (χ1n) is 11.5. The van der Waals surface area contributed by atoms with Crippen LogP contribution in [0.25, 0.3) is 5.76 Å². The molecule has 2 N–H and O–H groups in total. The summed E-state index contributed by atoms with van der Waals surface area (Å²) in [6.45, 7) is 10.6. The Morgan fingerprint density at radius 3 is 2.56 bits per heavy atom. The average molecular weight is 469 g/mol. The standard InChI is InChI=1S/C25H32N4O5/c1-6-28(7-2)12-9-13-29-21(17-10-8-11-26-14-17)19(23(31)24(29)32)22(30)18-15(3)20(25(33)34-5)27-16(18)4/h8,10-11,14,21,27,30H,6-7,9,12-13H2,1-5H3/b22-19+. The van der Waals surface area contributed by atoms with Gasteiger partial charge < -0.3 is 24.6 Å². The predicted octanol–water partition coefficient (Wildman–Crippen LogP) is 0.352. The molecule has 0 saturated carbocycles. The lowest BCUT2D eigenvalue weighted by atomic mass is 9.95. The van der Waals surface area contributed by atoms with Gasteiger partial charge >= 0.3 is 5.97 Å². The lowest BCUT2D eigenvalue weighted by Crippen LogP contribution is -3.11. The molecule has 1 fully saturated rings. The number of ether oxygens (including phenoxy) is 1. The molecule has 9 nitrogen and oxygen atoms in total. The van der Waals surface area contributed by atoms with E-state index < -0.39 is 29.5 Å². The summed E-state index contributed by atoms with van der Waals surface area (Å²) in [4.78, 5) is 48.3. The fourth-order valence-electron chi connectivity index (χ4n) is 4.62. The van der Waals surface area contributed by atoms with Crippen LogP contribution in [0.5, 0.6) is 0 Å². The quantitative estimate of drug-likeness (QED) is 0.237. The first-order valence-corrected chi connectivity index (χ1v) is 11.5. The van der Waals surface area contributed by atoms with Gasteiger partial charge in [0.05, 0.1) is 32.8 Å². The third-order valence-electron chi connectivity index (χ3n) is 6.51. The van der Waals surface area contributed by atoms with Crippen LogP contribution in [0.4, 0.5) is 0 Å². The number of Topliss-reactive ketones (excluding diaryl/α,β-unsaturated/α-hetero) is 1. The maximum Gasteiger partial charge on any atom is 0.354 e. The zero-order valence-corrected chi connectivity index (χ0v) is 20.4. The van der Waals surface area contributed by atoms with E-state index in [1.165, 1.54) is 16.9 Å². The van der Waals surface area contributed by atoms with Crippen molar-refractivity contribution in [2.24, 2.45) is 0 Å². The van der Waals surface area contributed by atoms with Crippen molar-refractivity contribution in [3.8, 4) is 0 Å². The van der Waals surface area contributed by atoms with Gasteiger partial charge in [0, 0.05) is 36.6 Å². The Labute approximate surface area is 199 Å².